The van der Waals surface area contributed by atoms with Gasteiger partial charge in [-0.2, -0.15) is 0 Å². The third-order valence-corrected chi connectivity index (χ3v) is 23.8. The first-order valence-corrected chi connectivity index (χ1v) is 31.8. The highest BCUT2D eigenvalue weighted by Crippen LogP contribution is 2.76. The van der Waals surface area contributed by atoms with Crippen LogP contribution < -0.4 is 0 Å². The molecule has 10 aliphatic rings. The summed E-state index contributed by atoms with van der Waals surface area (Å²) in [5.74, 6) is -0.618. The van der Waals surface area contributed by atoms with E-state index in [1.54, 1.807) is 0 Å². The number of hydrogen-bond donors (Lipinski definition) is 14. The number of aliphatic hydroxyl groups is 14. The van der Waals surface area contributed by atoms with Gasteiger partial charge in [-0.25, -0.2) is 0 Å². The Bertz CT molecular complexity index is 2480. The quantitative estimate of drug-likeness (QED) is 0.0538. The van der Waals surface area contributed by atoms with Gasteiger partial charge in [-0.3, -0.25) is 9.59 Å². The number of fused-ring (bicyclic) bond motifs is 7. The van der Waals surface area contributed by atoms with Gasteiger partial charge in [-0.05, 0) is 116 Å². The van der Waals surface area contributed by atoms with Gasteiger partial charge in [0.25, 0.3) is 0 Å². The molecule has 26 heteroatoms. The topological polar surface area (TPSA) is 410 Å². The van der Waals surface area contributed by atoms with Crippen LogP contribution in [0.3, 0.4) is 0 Å². The van der Waals surface area contributed by atoms with Crippen molar-refractivity contribution in [3.05, 3.63) is 11.6 Å². The molecule has 512 valence electrons. The number of aliphatic hydroxyl groups excluding tert-OH is 14. The van der Waals surface area contributed by atoms with Gasteiger partial charge in [0.15, 0.2) is 25.2 Å². The third-order valence-electron chi connectivity index (χ3n) is 23.8. The van der Waals surface area contributed by atoms with Crippen molar-refractivity contribution in [1.29, 1.82) is 0 Å². The molecule has 0 radical (unpaired) electrons. The van der Waals surface area contributed by atoms with Crippen molar-refractivity contribution in [2.75, 3.05) is 26.4 Å². The van der Waals surface area contributed by atoms with Crippen LogP contribution in [-0.4, -0.2) is 263 Å². The second kappa shape index (κ2) is 26.5. The molecule has 5 aliphatic heterocycles. The van der Waals surface area contributed by atoms with E-state index >= 15 is 4.79 Å². The van der Waals surface area contributed by atoms with Gasteiger partial charge < -0.3 is 119 Å². The van der Waals surface area contributed by atoms with Crippen molar-refractivity contribution in [2.45, 2.75) is 294 Å². The number of rotatable bonds is 15. The van der Waals surface area contributed by atoms with Crippen LogP contribution in [0.15, 0.2) is 11.6 Å². The van der Waals surface area contributed by atoms with Crippen LogP contribution in [0.2, 0.25) is 0 Å². The predicted molar refractivity (Wildman–Crippen MR) is 308 cm³/mol. The minimum Gasteiger partial charge on any atom is -0.463 e. The van der Waals surface area contributed by atoms with E-state index in [4.69, 9.17) is 47.4 Å². The first-order chi connectivity index (χ1) is 41.2. The highest BCUT2D eigenvalue weighted by molar-refractivity contribution is 5.87. The first kappa shape index (κ1) is 71.3. The van der Waals surface area contributed by atoms with Gasteiger partial charge in [-0.15, -0.1) is 0 Å². The molecule has 0 unspecified atom stereocenters. The molecule has 0 spiro atoms. The van der Waals surface area contributed by atoms with Crippen LogP contribution in [0.1, 0.15) is 140 Å². The number of Topliss-reactive ketones (excluding diaryl/α,β-unsaturated/α-hetero) is 1. The van der Waals surface area contributed by atoms with Gasteiger partial charge in [0.1, 0.15) is 122 Å². The summed E-state index contributed by atoms with van der Waals surface area (Å²) in [6.45, 7) is 16.6. The maximum absolute atomic E-state index is 15.5. The number of ketones is 1. The molecular weight excluding hydrogens is 1170 g/mol. The van der Waals surface area contributed by atoms with Crippen LogP contribution >= 0.6 is 0 Å². The Morgan fingerprint density at radius 2 is 1.17 bits per heavy atom. The second-order valence-electron chi connectivity index (χ2n) is 29.7. The average Bonchev–Trinajstić information content (AvgIpc) is 0.681. The van der Waals surface area contributed by atoms with E-state index in [2.05, 4.69) is 54.5 Å². The summed E-state index contributed by atoms with van der Waals surface area (Å²) in [5, 5.41) is 152. The van der Waals surface area contributed by atoms with Crippen molar-refractivity contribution in [3.63, 3.8) is 0 Å². The number of carbonyl (C=O) groups excluding carboxylic acids is 2. The van der Waals surface area contributed by atoms with Gasteiger partial charge in [0, 0.05) is 18.8 Å². The van der Waals surface area contributed by atoms with Gasteiger partial charge >= 0.3 is 5.97 Å². The maximum Gasteiger partial charge on any atom is 0.302 e. The molecule has 89 heavy (non-hydrogen) atoms. The lowest BCUT2D eigenvalue weighted by molar-refractivity contribution is -0.367. The fourth-order valence-electron chi connectivity index (χ4n) is 18.2. The molecule has 0 bridgehead atoms. The maximum atomic E-state index is 15.5. The Balaban J connectivity index is 0.00000941. The minimum atomic E-state index is -1.89. The fourth-order valence-corrected chi connectivity index (χ4v) is 18.2. The van der Waals surface area contributed by atoms with Crippen molar-refractivity contribution in [3.8, 4) is 0 Å². The zero-order valence-corrected chi connectivity index (χ0v) is 52.0. The lowest BCUT2D eigenvalue weighted by Crippen LogP contribution is -2.66. The van der Waals surface area contributed by atoms with E-state index in [-0.39, 0.29) is 65.7 Å². The number of hydrogen-bond acceptors (Lipinski definition) is 26. The lowest BCUT2D eigenvalue weighted by Gasteiger charge is -2.71. The van der Waals surface area contributed by atoms with Gasteiger partial charge in [-0.1, -0.05) is 67.5 Å². The number of ether oxygens (including phenoxy) is 10. The van der Waals surface area contributed by atoms with Crippen LogP contribution in [0.5, 0.6) is 0 Å². The second-order valence-corrected chi connectivity index (χ2v) is 29.7. The Labute approximate surface area is 520 Å². The number of allylic oxidation sites excluding steroid dienone is 2. The molecule has 4 saturated carbocycles. The molecule has 5 aliphatic carbocycles. The van der Waals surface area contributed by atoms with E-state index in [1.165, 1.54) is 12.5 Å². The smallest absolute Gasteiger partial charge is 0.302 e. The van der Waals surface area contributed by atoms with Crippen molar-refractivity contribution in [1.82, 2.24) is 0 Å². The summed E-state index contributed by atoms with van der Waals surface area (Å²) >= 11 is 0. The Morgan fingerprint density at radius 3 is 1.84 bits per heavy atom. The molecular formula is C63H104O26. The monoisotopic (exact) mass is 1280 g/mol. The highest BCUT2D eigenvalue weighted by atomic mass is 16.8. The number of esters is 1. The van der Waals surface area contributed by atoms with Crippen LogP contribution in [-0.2, 0) is 57.0 Å². The van der Waals surface area contributed by atoms with E-state index in [1.807, 2.05) is 0 Å². The summed E-state index contributed by atoms with van der Waals surface area (Å²) in [6, 6.07) is 0. The zero-order chi connectivity index (χ0) is 64.3. The summed E-state index contributed by atoms with van der Waals surface area (Å²) in [4.78, 5) is 27.5. The van der Waals surface area contributed by atoms with Crippen molar-refractivity contribution < 1.29 is 128 Å². The number of carbonyl (C=O) groups is 2. The summed E-state index contributed by atoms with van der Waals surface area (Å²) < 4.78 is 59.2. The molecule has 32 atom stereocenters. The molecule has 0 aromatic heterocycles. The molecule has 9 fully saturated rings. The fraction of sp³-hybridized carbons (Fsp3) is 0.937. The highest BCUT2D eigenvalue weighted by Gasteiger charge is 2.70. The van der Waals surface area contributed by atoms with E-state index in [0.717, 1.165) is 51.9 Å². The third kappa shape index (κ3) is 12.5. The van der Waals surface area contributed by atoms with Gasteiger partial charge in [0.05, 0.1) is 38.1 Å². The normalized spacial score (nSPS) is 52.1. The van der Waals surface area contributed by atoms with E-state index in [9.17, 15) is 76.3 Å². The predicted octanol–water partition coefficient (Wildman–Crippen LogP) is -0.879. The Hall–Kier alpha value is -2.04. The average molecular weight is 1280 g/mol. The molecule has 5 saturated heterocycles. The first-order valence-electron chi connectivity index (χ1n) is 31.8. The largest absolute Gasteiger partial charge is 0.463 e. The van der Waals surface area contributed by atoms with Gasteiger partial charge in [0.2, 0.25) is 0 Å². The summed E-state index contributed by atoms with van der Waals surface area (Å²) in [6.07, 6.45) is -28.4. The lowest BCUT2D eigenvalue weighted by atomic mass is 9.33. The molecule has 0 aromatic rings. The summed E-state index contributed by atoms with van der Waals surface area (Å²) in [7, 11) is 0. The van der Waals surface area contributed by atoms with Crippen LogP contribution in [0.4, 0.5) is 0 Å². The van der Waals surface area contributed by atoms with E-state index < -0.39 is 190 Å². The molecule has 5 heterocycles. The molecule has 0 aromatic carbocycles. The molecule has 14 N–H and O–H groups in total. The van der Waals surface area contributed by atoms with Crippen molar-refractivity contribution in [2.24, 2.45) is 50.2 Å². The zero-order valence-electron chi connectivity index (χ0n) is 52.0. The van der Waals surface area contributed by atoms with Crippen LogP contribution in [0.25, 0.3) is 0 Å². The van der Waals surface area contributed by atoms with E-state index in [0.29, 0.717) is 19.3 Å². The Kier molecular flexibility index (Phi) is 21.2. The standard InChI is InChI=1S/C62H100O26.CH4/c1-26-39(67)44(72)48(76)54(82-26)87-51-34(25-79-27(2)64)85-53(50(78)47(51)75)81-24-33-43(71)45(73)41(69)31(83-33)20-37(66)62-18-16-57(3,4)21-29(62)28-10-11-36-59(7)14-13-38(58(5,6)35(59)12-15-61(36,9)60(28,8)17-19-62)86-56-52(40(68)30(65)23-80-56)88-55-49(77)46(74)42(70)32(22-63)84-55;/h10,26,29-36,38-56,63,65,67-78H,11-25H2,1-9H3;1H4/t26-,29-,30-,31-,32+,33+,34+,35-,36+,38-,39-,40-,41-,42+,43+,44+,45+,46-,47+,48+,49+,50+,51+,52+,53+,54-,55-,56-,59-,60+,61+,62-;/m1./s1. The summed E-state index contributed by atoms with van der Waals surface area (Å²) in [5.41, 5.74) is -0.826. The molecule has 10 rings (SSSR count). The van der Waals surface area contributed by atoms with Crippen molar-refractivity contribution >= 4 is 11.8 Å². The molecule has 26 nitrogen and oxygen atoms in total. The van der Waals surface area contributed by atoms with Crippen LogP contribution in [0, 0.1) is 50.2 Å². The Morgan fingerprint density at radius 1 is 0.573 bits per heavy atom. The molecule has 0 amide bonds. The minimum absolute atomic E-state index is 0. The SMILES string of the molecule is C.CC(=O)OC[C@@H]1O[C@H](OC[C@@H]2O[C@H](CC(=O)[C@@]34CCC(C)(C)C[C@@H]3C3=CC[C@H]5[C@]6(C)CC[C@@H](O[C@H]7OC[C@@H](O)[C@@H](O)[C@@H]7O[C@H]7O[C@@H](CO)[C@H](O)[C@@H](O)[C@@H]7O)C(C)(C)[C@H]6CC[C@]5(C)[C@@]3(C)CC4)[C@@H](O)[C@H](O)[C@H]2O)[C@@H](O)[C@H](O)[C@H]1O[C@H]1O[C@H](C)[C@@H](O)[C@H](O)[C@@H]1O.